The number of aromatic nitrogens is 3. The van der Waals surface area contributed by atoms with Gasteiger partial charge in [0.2, 0.25) is 0 Å². The van der Waals surface area contributed by atoms with Crippen LogP contribution in [0, 0.1) is 13.3 Å². The molecule has 0 spiro atoms. The summed E-state index contributed by atoms with van der Waals surface area (Å²) in [6.45, 7) is 2.02. The first-order chi connectivity index (χ1) is 5.29. The van der Waals surface area contributed by atoms with Crippen LogP contribution < -0.4 is 0 Å². The highest BCUT2D eigenvalue weighted by Crippen LogP contribution is 2.11. The molecule has 2 aromatic rings. The van der Waals surface area contributed by atoms with Gasteiger partial charge in [-0.25, -0.2) is 9.97 Å². The summed E-state index contributed by atoms with van der Waals surface area (Å²) in [7, 11) is 1.89. The zero-order chi connectivity index (χ0) is 7.84. The van der Waals surface area contributed by atoms with Crippen molar-refractivity contribution in [2.75, 3.05) is 0 Å². The maximum Gasteiger partial charge on any atom is 0.178 e. The van der Waals surface area contributed by atoms with Crippen LogP contribution in [-0.4, -0.2) is 14.5 Å². The molecule has 0 saturated heterocycles. The molecule has 0 amide bonds. The quantitative estimate of drug-likeness (QED) is 0.556. The summed E-state index contributed by atoms with van der Waals surface area (Å²) in [5.41, 5.74) is 2.98. The maximum atomic E-state index is 4.17. The van der Waals surface area contributed by atoms with E-state index in [0.29, 0.717) is 0 Å². The molecule has 0 fully saturated rings. The largest absolute Gasteiger partial charge is 0.309 e. The lowest BCUT2D eigenvalue weighted by molar-refractivity contribution is 0.920. The second-order valence-electron chi connectivity index (χ2n) is 2.57. The van der Waals surface area contributed by atoms with Crippen LogP contribution in [0.3, 0.4) is 0 Å². The van der Waals surface area contributed by atoms with Crippen molar-refractivity contribution in [2.24, 2.45) is 7.05 Å². The van der Waals surface area contributed by atoms with Crippen molar-refractivity contribution < 1.29 is 0 Å². The van der Waals surface area contributed by atoms with E-state index >= 15 is 0 Å². The average molecular weight is 146 g/mol. The molecule has 0 atom stereocenters. The minimum atomic E-state index is 0.894. The van der Waals surface area contributed by atoms with Crippen molar-refractivity contribution in [2.45, 2.75) is 6.92 Å². The van der Waals surface area contributed by atoms with E-state index in [1.54, 1.807) is 10.8 Å². The molecule has 0 saturated carbocycles. The standard InChI is InChI=1S/C8H8N3/c1-6-3-4-9-8-7(6)10-5-11(8)2/h3-4H,1-2H3. The van der Waals surface area contributed by atoms with Gasteiger partial charge in [0.05, 0.1) is 0 Å². The molecular formula is C8H8N3. The molecule has 55 valence electrons. The summed E-state index contributed by atoms with van der Waals surface area (Å²) in [5, 5.41) is 0. The smallest absolute Gasteiger partial charge is 0.178 e. The Kier molecular flexibility index (Phi) is 1.18. The Morgan fingerprint density at radius 1 is 1.55 bits per heavy atom. The van der Waals surface area contributed by atoms with Crippen LogP contribution in [0.1, 0.15) is 5.56 Å². The topological polar surface area (TPSA) is 30.7 Å². The Balaban J connectivity index is 2.94. The van der Waals surface area contributed by atoms with Gasteiger partial charge in [-0.15, -0.1) is 0 Å². The number of pyridine rings is 1. The van der Waals surface area contributed by atoms with Crippen LogP contribution in [0.15, 0.2) is 12.3 Å². The predicted molar refractivity (Wildman–Crippen MR) is 42.1 cm³/mol. The lowest BCUT2D eigenvalue weighted by Gasteiger charge is -1.93. The van der Waals surface area contributed by atoms with Gasteiger partial charge in [-0.3, -0.25) is 0 Å². The monoisotopic (exact) mass is 146 g/mol. The van der Waals surface area contributed by atoms with E-state index in [-0.39, 0.29) is 0 Å². The molecule has 0 aliphatic carbocycles. The number of hydrogen-bond donors (Lipinski definition) is 0. The third-order valence-corrected chi connectivity index (χ3v) is 1.74. The predicted octanol–water partition coefficient (Wildman–Crippen LogP) is 1.08. The Labute approximate surface area is 64.7 Å². The summed E-state index contributed by atoms with van der Waals surface area (Å²) in [5.74, 6) is 0. The fourth-order valence-corrected chi connectivity index (χ4v) is 1.09. The summed E-state index contributed by atoms with van der Waals surface area (Å²) >= 11 is 0. The SMILES string of the molecule is Cc1ccnc2c1n[c]n2C. The molecule has 2 aromatic heterocycles. The highest BCUT2D eigenvalue weighted by atomic mass is 15.1. The fourth-order valence-electron chi connectivity index (χ4n) is 1.09. The molecule has 3 nitrogen and oxygen atoms in total. The first-order valence-electron chi connectivity index (χ1n) is 3.45. The lowest BCUT2D eigenvalue weighted by atomic mass is 10.3. The first-order valence-corrected chi connectivity index (χ1v) is 3.45. The Morgan fingerprint density at radius 2 is 2.36 bits per heavy atom. The van der Waals surface area contributed by atoms with Gasteiger partial charge in [0, 0.05) is 13.2 Å². The van der Waals surface area contributed by atoms with Gasteiger partial charge in [0.25, 0.3) is 0 Å². The highest BCUT2D eigenvalue weighted by molar-refractivity contribution is 5.73. The van der Waals surface area contributed by atoms with Crippen LogP contribution in [-0.2, 0) is 7.05 Å². The van der Waals surface area contributed by atoms with E-state index in [0.717, 1.165) is 16.7 Å². The molecule has 0 aliphatic heterocycles. The molecule has 2 rings (SSSR count). The molecule has 2 heterocycles. The van der Waals surface area contributed by atoms with Gasteiger partial charge in [-0.1, -0.05) is 0 Å². The van der Waals surface area contributed by atoms with Gasteiger partial charge < -0.3 is 4.57 Å². The van der Waals surface area contributed by atoms with E-state index in [4.69, 9.17) is 0 Å². The van der Waals surface area contributed by atoms with E-state index in [1.165, 1.54) is 0 Å². The molecule has 0 aliphatic rings. The highest BCUT2D eigenvalue weighted by Gasteiger charge is 2.01. The van der Waals surface area contributed by atoms with E-state index in [9.17, 15) is 0 Å². The van der Waals surface area contributed by atoms with E-state index in [1.807, 2.05) is 20.0 Å². The van der Waals surface area contributed by atoms with Crippen molar-refractivity contribution >= 4 is 11.2 Å². The fraction of sp³-hybridized carbons (Fsp3) is 0.250. The van der Waals surface area contributed by atoms with Crippen LogP contribution in [0.5, 0.6) is 0 Å². The van der Waals surface area contributed by atoms with Gasteiger partial charge in [0.1, 0.15) is 5.52 Å². The number of rotatable bonds is 0. The van der Waals surface area contributed by atoms with Gasteiger partial charge in [-0.2, -0.15) is 0 Å². The second-order valence-corrected chi connectivity index (χ2v) is 2.57. The average Bonchev–Trinajstić information content (AvgIpc) is 2.35. The first kappa shape index (κ1) is 6.34. The lowest BCUT2D eigenvalue weighted by Crippen LogP contribution is -1.87. The Bertz CT molecular complexity index is 389. The number of fused-ring (bicyclic) bond motifs is 1. The van der Waals surface area contributed by atoms with Gasteiger partial charge >= 0.3 is 0 Å². The molecule has 0 bridgehead atoms. The van der Waals surface area contributed by atoms with Gasteiger partial charge in [0.15, 0.2) is 12.0 Å². The summed E-state index contributed by atoms with van der Waals surface area (Å²) < 4.78 is 1.79. The number of hydrogen-bond acceptors (Lipinski definition) is 2. The van der Waals surface area contributed by atoms with Crippen LogP contribution in [0.2, 0.25) is 0 Å². The van der Waals surface area contributed by atoms with Crippen LogP contribution in [0.25, 0.3) is 11.2 Å². The minimum Gasteiger partial charge on any atom is -0.309 e. The van der Waals surface area contributed by atoms with Crippen molar-refractivity contribution in [1.29, 1.82) is 0 Å². The molecule has 3 heteroatoms. The summed E-state index contributed by atoms with van der Waals surface area (Å²) in [4.78, 5) is 8.26. The third kappa shape index (κ3) is 0.808. The molecule has 0 unspecified atom stereocenters. The van der Waals surface area contributed by atoms with Crippen molar-refractivity contribution in [3.63, 3.8) is 0 Å². The molecule has 11 heavy (non-hydrogen) atoms. The Hall–Kier alpha value is -1.38. The zero-order valence-electron chi connectivity index (χ0n) is 6.50. The van der Waals surface area contributed by atoms with Crippen molar-refractivity contribution in [3.8, 4) is 0 Å². The molecule has 0 N–H and O–H groups in total. The normalized spacial score (nSPS) is 10.7. The summed E-state index contributed by atoms with van der Waals surface area (Å²) in [6, 6.07) is 1.95. The van der Waals surface area contributed by atoms with E-state index in [2.05, 4.69) is 16.3 Å². The molecule has 1 radical (unpaired) electrons. The second kappa shape index (κ2) is 2.05. The van der Waals surface area contributed by atoms with E-state index < -0.39 is 0 Å². The number of imidazole rings is 1. The van der Waals surface area contributed by atoms with Crippen molar-refractivity contribution in [3.05, 3.63) is 24.2 Å². The molecular weight excluding hydrogens is 138 g/mol. The Morgan fingerprint density at radius 3 is 3.09 bits per heavy atom. The van der Waals surface area contributed by atoms with Crippen molar-refractivity contribution in [1.82, 2.24) is 14.5 Å². The van der Waals surface area contributed by atoms with Crippen LogP contribution in [0.4, 0.5) is 0 Å². The van der Waals surface area contributed by atoms with Crippen LogP contribution >= 0.6 is 0 Å². The maximum absolute atomic E-state index is 4.17. The molecule has 0 aromatic carbocycles. The minimum absolute atomic E-state index is 0.894. The van der Waals surface area contributed by atoms with Gasteiger partial charge in [-0.05, 0) is 18.6 Å². The third-order valence-electron chi connectivity index (χ3n) is 1.74. The number of nitrogens with zero attached hydrogens (tertiary/aromatic N) is 3. The summed E-state index contributed by atoms with van der Waals surface area (Å²) in [6.07, 6.45) is 4.61. The number of aryl methyl sites for hydroxylation is 2. The zero-order valence-corrected chi connectivity index (χ0v) is 6.50.